The molecule has 0 saturated carbocycles. The second kappa shape index (κ2) is 8.33. The molecule has 27 heavy (non-hydrogen) atoms. The van der Waals surface area contributed by atoms with E-state index in [9.17, 15) is 9.59 Å². The topological polar surface area (TPSA) is 70.7 Å². The first-order valence-electron chi connectivity index (χ1n) is 9.04. The summed E-state index contributed by atoms with van der Waals surface area (Å²) in [5.74, 6) is -0.409. The van der Waals surface area contributed by atoms with Gasteiger partial charge in [0.25, 0.3) is 5.91 Å². The number of para-hydroxylation sites is 2. The Labute approximate surface area is 159 Å². The number of rotatable bonds is 5. The van der Waals surface area contributed by atoms with E-state index < -0.39 is 0 Å². The minimum Gasteiger partial charge on any atom is -0.378 e. The Morgan fingerprint density at radius 1 is 1.04 bits per heavy atom. The molecule has 0 unspecified atom stereocenters. The van der Waals surface area contributed by atoms with Crippen LogP contribution in [0.25, 0.3) is 0 Å². The van der Waals surface area contributed by atoms with Crippen molar-refractivity contribution in [2.24, 2.45) is 0 Å². The highest BCUT2D eigenvalue weighted by atomic mass is 16.5. The fourth-order valence-electron chi connectivity index (χ4n) is 3.06. The molecule has 3 rings (SSSR count). The predicted octanol–water partition coefficient (Wildman–Crippen LogP) is 2.99. The Kier molecular flexibility index (Phi) is 5.88. The molecule has 6 heteroatoms. The van der Waals surface area contributed by atoms with Crippen molar-refractivity contribution in [3.05, 3.63) is 60.2 Å². The zero-order valence-corrected chi connectivity index (χ0v) is 15.7. The van der Waals surface area contributed by atoms with Gasteiger partial charge in [0.15, 0.2) is 0 Å². The molecule has 2 aromatic carbocycles. The van der Waals surface area contributed by atoms with Gasteiger partial charge < -0.3 is 15.4 Å². The van der Waals surface area contributed by atoms with E-state index in [0.717, 1.165) is 0 Å². The third-order valence-electron chi connectivity index (χ3n) is 4.63. The number of benzene rings is 2. The van der Waals surface area contributed by atoms with Crippen LogP contribution in [0.5, 0.6) is 0 Å². The summed E-state index contributed by atoms with van der Waals surface area (Å²) >= 11 is 0. The maximum Gasteiger partial charge on any atom is 0.257 e. The van der Waals surface area contributed by atoms with E-state index >= 15 is 0 Å². The number of morpholine rings is 1. The lowest BCUT2D eigenvalue weighted by Gasteiger charge is -2.41. The number of anilines is 2. The molecule has 0 spiro atoms. The number of carbonyl (C=O) groups is 2. The summed E-state index contributed by atoms with van der Waals surface area (Å²) in [5, 5.41) is 5.73. The molecule has 1 fully saturated rings. The SMILES string of the molecule is CC1(C)COCCN1CC(=O)Nc1ccccc1C(=O)Nc1ccccc1. The van der Waals surface area contributed by atoms with Crippen molar-refractivity contribution in [3.63, 3.8) is 0 Å². The number of ether oxygens (including phenoxy) is 1. The van der Waals surface area contributed by atoms with Crippen LogP contribution in [-0.4, -0.2) is 48.6 Å². The number of nitrogens with zero attached hydrogens (tertiary/aromatic N) is 1. The molecule has 0 aromatic heterocycles. The molecule has 0 aliphatic carbocycles. The molecular formula is C21H25N3O3. The average Bonchev–Trinajstić information content (AvgIpc) is 2.64. The largest absolute Gasteiger partial charge is 0.378 e. The van der Waals surface area contributed by atoms with Crippen LogP contribution < -0.4 is 10.6 Å². The molecule has 0 bridgehead atoms. The summed E-state index contributed by atoms with van der Waals surface area (Å²) < 4.78 is 5.50. The van der Waals surface area contributed by atoms with Gasteiger partial charge in [-0.25, -0.2) is 0 Å². The zero-order chi connectivity index (χ0) is 19.3. The number of hydrogen-bond donors (Lipinski definition) is 2. The van der Waals surface area contributed by atoms with Crippen LogP contribution in [0, 0.1) is 0 Å². The summed E-state index contributed by atoms with van der Waals surface area (Å²) in [6.45, 7) is 6.28. The summed E-state index contributed by atoms with van der Waals surface area (Å²) in [7, 11) is 0. The van der Waals surface area contributed by atoms with Gasteiger partial charge in [0.1, 0.15) is 0 Å². The maximum atomic E-state index is 12.6. The fraction of sp³-hybridized carbons (Fsp3) is 0.333. The lowest BCUT2D eigenvalue weighted by Crippen LogP contribution is -2.55. The molecule has 142 valence electrons. The van der Waals surface area contributed by atoms with Gasteiger partial charge in [-0.1, -0.05) is 30.3 Å². The first-order chi connectivity index (χ1) is 13.0. The highest BCUT2D eigenvalue weighted by Crippen LogP contribution is 2.20. The quantitative estimate of drug-likeness (QED) is 0.852. The van der Waals surface area contributed by atoms with E-state index in [2.05, 4.69) is 29.4 Å². The smallest absolute Gasteiger partial charge is 0.257 e. The molecule has 1 heterocycles. The zero-order valence-electron chi connectivity index (χ0n) is 15.7. The Morgan fingerprint density at radius 3 is 2.48 bits per heavy atom. The van der Waals surface area contributed by atoms with E-state index in [4.69, 9.17) is 4.74 Å². The molecule has 0 radical (unpaired) electrons. The van der Waals surface area contributed by atoms with E-state index in [0.29, 0.717) is 36.7 Å². The van der Waals surface area contributed by atoms with E-state index in [1.165, 1.54) is 0 Å². The van der Waals surface area contributed by atoms with Crippen molar-refractivity contribution in [1.29, 1.82) is 0 Å². The van der Waals surface area contributed by atoms with Crippen LogP contribution in [0.1, 0.15) is 24.2 Å². The van der Waals surface area contributed by atoms with Crippen LogP contribution in [0.2, 0.25) is 0 Å². The third-order valence-corrected chi connectivity index (χ3v) is 4.63. The molecule has 0 atom stereocenters. The highest BCUT2D eigenvalue weighted by molar-refractivity contribution is 6.10. The van der Waals surface area contributed by atoms with E-state index in [-0.39, 0.29) is 23.9 Å². The maximum absolute atomic E-state index is 12.6. The second-order valence-electron chi connectivity index (χ2n) is 7.20. The molecular weight excluding hydrogens is 342 g/mol. The Balaban J connectivity index is 1.68. The van der Waals surface area contributed by atoms with Gasteiger partial charge in [0.05, 0.1) is 31.0 Å². The minimum atomic E-state index is -0.260. The summed E-state index contributed by atoms with van der Waals surface area (Å²) in [6.07, 6.45) is 0. The van der Waals surface area contributed by atoms with Gasteiger partial charge >= 0.3 is 0 Å². The highest BCUT2D eigenvalue weighted by Gasteiger charge is 2.31. The summed E-state index contributed by atoms with van der Waals surface area (Å²) in [5.41, 5.74) is 1.44. The van der Waals surface area contributed by atoms with Crippen LogP contribution in [-0.2, 0) is 9.53 Å². The summed E-state index contributed by atoms with van der Waals surface area (Å²) in [6, 6.07) is 16.2. The molecule has 6 nitrogen and oxygen atoms in total. The third kappa shape index (κ3) is 4.93. The standard InChI is InChI=1S/C21H25N3O3/c1-21(2)15-27-13-12-24(21)14-19(25)23-18-11-7-6-10-17(18)20(26)22-16-8-4-3-5-9-16/h3-11H,12-15H2,1-2H3,(H,22,26)(H,23,25). The molecule has 1 saturated heterocycles. The van der Waals surface area contributed by atoms with Crippen molar-refractivity contribution in [2.75, 3.05) is 36.9 Å². The first-order valence-corrected chi connectivity index (χ1v) is 9.04. The van der Waals surface area contributed by atoms with Gasteiger partial charge in [-0.2, -0.15) is 0 Å². The first kappa shape index (κ1) is 19.1. The van der Waals surface area contributed by atoms with Crippen LogP contribution in [0.4, 0.5) is 11.4 Å². The molecule has 1 aliphatic heterocycles. The van der Waals surface area contributed by atoms with Crippen LogP contribution in [0.15, 0.2) is 54.6 Å². The number of amides is 2. The fourth-order valence-corrected chi connectivity index (χ4v) is 3.06. The van der Waals surface area contributed by atoms with Crippen molar-refractivity contribution in [3.8, 4) is 0 Å². The molecule has 1 aliphatic rings. The van der Waals surface area contributed by atoms with Gasteiger partial charge in [-0.3, -0.25) is 14.5 Å². The minimum absolute atomic E-state index is 0.148. The number of carbonyl (C=O) groups excluding carboxylic acids is 2. The molecule has 2 aromatic rings. The molecule has 2 amide bonds. The monoisotopic (exact) mass is 367 g/mol. The Morgan fingerprint density at radius 2 is 1.74 bits per heavy atom. The summed E-state index contributed by atoms with van der Waals surface area (Å²) in [4.78, 5) is 27.3. The predicted molar refractivity (Wildman–Crippen MR) is 106 cm³/mol. The number of hydrogen-bond acceptors (Lipinski definition) is 4. The van der Waals surface area contributed by atoms with Crippen molar-refractivity contribution in [2.45, 2.75) is 19.4 Å². The van der Waals surface area contributed by atoms with Gasteiger partial charge in [-0.15, -0.1) is 0 Å². The van der Waals surface area contributed by atoms with Gasteiger partial charge in [0.2, 0.25) is 5.91 Å². The normalized spacial score (nSPS) is 16.5. The Bertz CT molecular complexity index is 805. The second-order valence-corrected chi connectivity index (χ2v) is 7.20. The molecule has 2 N–H and O–H groups in total. The average molecular weight is 367 g/mol. The van der Waals surface area contributed by atoms with Gasteiger partial charge in [0, 0.05) is 17.8 Å². The van der Waals surface area contributed by atoms with Crippen molar-refractivity contribution in [1.82, 2.24) is 4.90 Å². The lowest BCUT2D eigenvalue weighted by molar-refractivity contribution is -0.122. The lowest BCUT2D eigenvalue weighted by atomic mass is 10.0. The van der Waals surface area contributed by atoms with Crippen molar-refractivity contribution < 1.29 is 14.3 Å². The van der Waals surface area contributed by atoms with Crippen molar-refractivity contribution >= 4 is 23.2 Å². The Hall–Kier alpha value is -2.70. The van der Waals surface area contributed by atoms with Crippen LogP contribution in [0.3, 0.4) is 0 Å². The van der Waals surface area contributed by atoms with Gasteiger partial charge in [-0.05, 0) is 38.1 Å². The number of nitrogens with one attached hydrogen (secondary N) is 2. The van der Waals surface area contributed by atoms with E-state index in [1.54, 1.807) is 24.3 Å². The van der Waals surface area contributed by atoms with E-state index in [1.807, 2.05) is 30.3 Å². The van der Waals surface area contributed by atoms with Crippen LogP contribution >= 0.6 is 0 Å².